The first-order valence-corrected chi connectivity index (χ1v) is 7.03. The number of pyridine rings is 1. The third-order valence-electron chi connectivity index (χ3n) is 3.30. The molecule has 0 bridgehead atoms. The van der Waals surface area contributed by atoms with Gasteiger partial charge in [-0.25, -0.2) is 9.78 Å². The van der Waals surface area contributed by atoms with E-state index in [-0.39, 0.29) is 16.8 Å². The Hall–Kier alpha value is -1.78. The molecule has 0 spiro atoms. The van der Waals surface area contributed by atoms with Crippen molar-refractivity contribution in [3.63, 3.8) is 0 Å². The van der Waals surface area contributed by atoms with Crippen molar-refractivity contribution in [1.82, 2.24) is 4.98 Å². The molecule has 0 amide bonds. The van der Waals surface area contributed by atoms with E-state index in [1.807, 2.05) is 37.1 Å². The van der Waals surface area contributed by atoms with Crippen LogP contribution in [0.5, 0.6) is 0 Å². The van der Waals surface area contributed by atoms with E-state index in [0.29, 0.717) is 10.8 Å². The van der Waals surface area contributed by atoms with Crippen LogP contribution in [0.15, 0.2) is 36.4 Å². The van der Waals surface area contributed by atoms with Gasteiger partial charge in [0.05, 0.1) is 11.6 Å². The molecular weight excluding hydrogens is 311 g/mol. The molecule has 2 rings (SSSR count). The van der Waals surface area contributed by atoms with E-state index < -0.39 is 5.97 Å². The average molecular weight is 325 g/mol. The van der Waals surface area contributed by atoms with Crippen molar-refractivity contribution in [3.8, 4) is 0 Å². The summed E-state index contributed by atoms with van der Waals surface area (Å²) < 4.78 is 0. The third kappa shape index (κ3) is 3.65. The Morgan fingerprint density at radius 3 is 2.62 bits per heavy atom. The second kappa shape index (κ2) is 6.33. The smallest absolute Gasteiger partial charge is 0.335 e. The molecule has 110 valence electrons. The van der Waals surface area contributed by atoms with Crippen LogP contribution in [0.2, 0.25) is 10.2 Å². The molecular formula is C15H14Cl2N2O2. The SMILES string of the molecule is CC(c1cccc(Cl)c1)N(C)c1cc(C(=O)O)cc(Cl)n1. The molecule has 0 saturated carbocycles. The van der Waals surface area contributed by atoms with E-state index in [1.54, 1.807) is 6.07 Å². The largest absolute Gasteiger partial charge is 0.478 e. The van der Waals surface area contributed by atoms with E-state index in [4.69, 9.17) is 28.3 Å². The summed E-state index contributed by atoms with van der Waals surface area (Å²) in [5.41, 5.74) is 1.11. The lowest BCUT2D eigenvalue weighted by molar-refractivity contribution is 0.0697. The zero-order chi connectivity index (χ0) is 15.6. The van der Waals surface area contributed by atoms with Crippen LogP contribution in [0.25, 0.3) is 0 Å². The minimum atomic E-state index is -1.04. The van der Waals surface area contributed by atoms with Gasteiger partial charge in [-0.05, 0) is 36.8 Å². The van der Waals surface area contributed by atoms with Gasteiger partial charge in [0.25, 0.3) is 0 Å². The highest BCUT2D eigenvalue weighted by Crippen LogP contribution is 2.27. The van der Waals surface area contributed by atoms with E-state index in [2.05, 4.69) is 4.98 Å². The molecule has 2 aromatic rings. The van der Waals surface area contributed by atoms with Crippen molar-refractivity contribution in [2.45, 2.75) is 13.0 Å². The lowest BCUT2D eigenvalue weighted by Gasteiger charge is -2.26. The Bertz CT molecular complexity index is 676. The van der Waals surface area contributed by atoms with Gasteiger partial charge in [-0.3, -0.25) is 0 Å². The third-order valence-corrected chi connectivity index (χ3v) is 3.73. The molecule has 0 aliphatic rings. The fourth-order valence-electron chi connectivity index (χ4n) is 1.98. The van der Waals surface area contributed by atoms with Crippen LogP contribution in [-0.4, -0.2) is 23.1 Å². The van der Waals surface area contributed by atoms with Crippen molar-refractivity contribution < 1.29 is 9.90 Å². The molecule has 0 saturated heterocycles. The van der Waals surface area contributed by atoms with Crippen LogP contribution in [0.1, 0.15) is 28.9 Å². The number of halogens is 2. The summed E-state index contributed by atoms with van der Waals surface area (Å²) in [6, 6.07) is 10.3. The molecule has 0 aliphatic heterocycles. The Labute approximate surface area is 132 Å². The number of nitrogens with zero attached hydrogens (tertiary/aromatic N) is 2. The number of aromatic nitrogens is 1. The van der Waals surface area contributed by atoms with Crippen molar-refractivity contribution in [2.75, 3.05) is 11.9 Å². The summed E-state index contributed by atoms with van der Waals surface area (Å²) in [6.07, 6.45) is 0. The van der Waals surface area contributed by atoms with Crippen molar-refractivity contribution >= 4 is 35.0 Å². The van der Waals surface area contributed by atoms with E-state index in [0.717, 1.165) is 5.56 Å². The Balaban J connectivity index is 2.35. The summed E-state index contributed by atoms with van der Waals surface area (Å²) in [5, 5.41) is 9.88. The summed E-state index contributed by atoms with van der Waals surface area (Å²) >= 11 is 11.9. The fourth-order valence-corrected chi connectivity index (χ4v) is 2.38. The van der Waals surface area contributed by atoms with Crippen LogP contribution in [0.4, 0.5) is 5.82 Å². The van der Waals surface area contributed by atoms with E-state index >= 15 is 0 Å². The normalized spacial score (nSPS) is 12.0. The Kier molecular flexibility index (Phi) is 4.70. The standard InChI is InChI=1S/C15H14Cl2N2O2/c1-9(10-4-3-5-12(16)6-10)19(2)14-8-11(15(20)21)7-13(17)18-14/h3-9H,1-2H3,(H,20,21). The number of anilines is 1. The number of hydrogen-bond donors (Lipinski definition) is 1. The predicted octanol–water partition coefficient (Wildman–Crippen LogP) is 4.28. The van der Waals surface area contributed by atoms with Crippen LogP contribution in [0, 0.1) is 0 Å². The number of carbonyl (C=O) groups is 1. The minimum Gasteiger partial charge on any atom is -0.478 e. The molecule has 1 heterocycles. The van der Waals surface area contributed by atoms with Gasteiger partial charge in [-0.1, -0.05) is 35.3 Å². The molecule has 0 radical (unpaired) electrons. The summed E-state index contributed by atoms with van der Waals surface area (Å²) in [5.74, 6) is -0.545. The maximum absolute atomic E-state index is 11.1. The molecule has 4 nitrogen and oxygen atoms in total. The predicted molar refractivity (Wildman–Crippen MR) is 84.5 cm³/mol. The van der Waals surface area contributed by atoms with Gasteiger partial charge in [0, 0.05) is 12.1 Å². The quantitative estimate of drug-likeness (QED) is 0.852. The lowest BCUT2D eigenvalue weighted by Crippen LogP contribution is -2.23. The molecule has 21 heavy (non-hydrogen) atoms. The van der Waals surface area contributed by atoms with Gasteiger partial charge in [-0.2, -0.15) is 0 Å². The maximum Gasteiger partial charge on any atom is 0.335 e. The van der Waals surface area contributed by atoms with Crippen molar-refractivity contribution in [1.29, 1.82) is 0 Å². The number of benzene rings is 1. The van der Waals surface area contributed by atoms with Gasteiger partial charge in [0.2, 0.25) is 0 Å². The highest BCUT2D eigenvalue weighted by molar-refractivity contribution is 6.30. The topological polar surface area (TPSA) is 53.4 Å². The van der Waals surface area contributed by atoms with Crippen LogP contribution in [0.3, 0.4) is 0 Å². The second-order valence-corrected chi connectivity index (χ2v) is 5.51. The number of aromatic carboxylic acids is 1. The first-order chi connectivity index (χ1) is 9.88. The minimum absolute atomic E-state index is 0.0312. The summed E-state index contributed by atoms with van der Waals surface area (Å²) in [7, 11) is 1.83. The zero-order valence-corrected chi connectivity index (χ0v) is 13.1. The van der Waals surface area contributed by atoms with Gasteiger partial charge in [-0.15, -0.1) is 0 Å². The monoisotopic (exact) mass is 324 g/mol. The maximum atomic E-state index is 11.1. The van der Waals surface area contributed by atoms with E-state index in [9.17, 15) is 4.79 Å². The molecule has 1 aromatic carbocycles. The number of carboxylic acids is 1. The molecule has 1 N–H and O–H groups in total. The van der Waals surface area contributed by atoms with Crippen LogP contribution in [-0.2, 0) is 0 Å². The molecule has 1 unspecified atom stereocenters. The molecule has 1 aromatic heterocycles. The summed E-state index contributed by atoms with van der Waals surface area (Å²) in [4.78, 5) is 17.1. The molecule has 1 atom stereocenters. The number of rotatable bonds is 4. The summed E-state index contributed by atoms with van der Waals surface area (Å²) in [6.45, 7) is 1.98. The highest BCUT2D eigenvalue weighted by Gasteiger charge is 2.16. The molecule has 6 heteroatoms. The van der Waals surface area contributed by atoms with Gasteiger partial charge in [0.15, 0.2) is 0 Å². The van der Waals surface area contributed by atoms with Crippen molar-refractivity contribution in [3.05, 3.63) is 57.7 Å². The fraction of sp³-hybridized carbons (Fsp3) is 0.200. The van der Waals surface area contributed by atoms with Gasteiger partial charge in [0.1, 0.15) is 11.0 Å². The molecule has 0 aliphatic carbocycles. The zero-order valence-electron chi connectivity index (χ0n) is 11.5. The second-order valence-electron chi connectivity index (χ2n) is 4.68. The lowest BCUT2D eigenvalue weighted by atomic mass is 10.1. The average Bonchev–Trinajstić information content (AvgIpc) is 2.45. The van der Waals surface area contributed by atoms with Gasteiger partial charge < -0.3 is 10.0 Å². The van der Waals surface area contributed by atoms with Crippen molar-refractivity contribution in [2.24, 2.45) is 0 Å². The van der Waals surface area contributed by atoms with Crippen LogP contribution < -0.4 is 4.90 Å². The number of carboxylic acid groups (broad SMARTS) is 1. The van der Waals surface area contributed by atoms with E-state index in [1.165, 1.54) is 12.1 Å². The van der Waals surface area contributed by atoms with Gasteiger partial charge >= 0.3 is 5.97 Å². The molecule has 0 fully saturated rings. The number of hydrogen-bond acceptors (Lipinski definition) is 3. The highest BCUT2D eigenvalue weighted by atomic mass is 35.5. The first-order valence-electron chi connectivity index (χ1n) is 6.27. The van der Waals surface area contributed by atoms with Crippen LogP contribution >= 0.6 is 23.2 Å². The first kappa shape index (κ1) is 15.6. The Morgan fingerprint density at radius 1 is 1.29 bits per heavy atom. The Morgan fingerprint density at radius 2 is 2.00 bits per heavy atom.